The highest BCUT2D eigenvalue weighted by atomic mass is 16.4. The Hall–Kier alpha value is -2.55. The lowest BCUT2D eigenvalue weighted by atomic mass is 9.63. The van der Waals surface area contributed by atoms with E-state index in [4.69, 9.17) is 5.11 Å². The van der Waals surface area contributed by atoms with Gasteiger partial charge in [0, 0.05) is 24.0 Å². The fraction of sp³-hybridized carbons (Fsp3) is 0.400. The normalized spacial score (nSPS) is 17.3. The molecule has 0 heterocycles. The minimum absolute atomic E-state index is 0.186. The second kappa shape index (κ2) is 7.46. The Labute approximate surface area is 168 Å². The van der Waals surface area contributed by atoms with Crippen molar-refractivity contribution in [2.45, 2.75) is 58.3 Å². The minimum atomic E-state index is -0.932. The van der Waals surface area contributed by atoms with Crippen molar-refractivity contribution >= 4 is 23.4 Å². The summed E-state index contributed by atoms with van der Waals surface area (Å²) in [6.07, 6.45) is 5.20. The highest BCUT2D eigenvalue weighted by molar-refractivity contribution is 5.85. The summed E-state index contributed by atoms with van der Waals surface area (Å²) < 4.78 is 0. The topological polar surface area (TPSA) is 40.5 Å². The fourth-order valence-corrected chi connectivity index (χ4v) is 4.19. The minimum Gasteiger partial charge on any atom is -0.478 e. The molecule has 1 aliphatic rings. The molecule has 3 rings (SSSR count). The largest absolute Gasteiger partial charge is 0.478 e. The molecule has 28 heavy (non-hydrogen) atoms. The molecule has 0 amide bonds. The number of benzene rings is 2. The molecule has 2 aromatic rings. The van der Waals surface area contributed by atoms with Crippen molar-refractivity contribution in [3.05, 3.63) is 65.2 Å². The molecule has 0 radical (unpaired) electrons. The Balaban J connectivity index is 1.96. The van der Waals surface area contributed by atoms with E-state index in [2.05, 4.69) is 69.9 Å². The van der Waals surface area contributed by atoms with Crippen LogP contribution in [0.4, 0.5) is 11.4 Å². The first-order valence-electron chi connectivity index (χ1n) is 10.1. The van der Waals surface area contributed by atoms with Gasteiger partial charge in [0.05, 0.1) is 0 Å². The van der Waals surface area contributed by atoms with Crippen molar-refractivity contribution in [2.24, 2.45) is 0 Å². The van der Waals surface area contributed by atoms with E-state index in [0.29, 0.717) is 0 Å². The van der Waals surface area contributed by atoms with E-state index in [0.717, 1.165) is 17.8 Å². The zero-order valence-corrected chi connectivity index (χ0v) is 17.6. The monoisotopic (exact) mass is 377 g/mol. The van der Waals surface area contributed by atoms with Crippen LogP contribution in [0.1, 0.15) is 64.2 Å². The number of carbonyl (C=O) groups is 1. The van der Waals surface area contributed by atoms with Crippen molar-refractivity contribution in [3.63, 3.8) is 0 Å². The van der Waals surface area contributed by atoms with Crippen molar-refractivity contribution in [1.29, 1.82) is 0 Å². The van der Waals surface area contributed by atoms with Gasteiger partial charge in [-0.3, -0.25) is 0 Å². The Morgan fingerprint density at radius 2 is 1.54 bits per heavy atom. The first-order valence-corrected chi connectivity index (χ1v) is 10.1. The van der Waals surface area contributed by atoms with E-state index in [1.807, 2.05) is 12.1 Å². The summed E-state index contributed by atoms with van der Waals surface area (Å²) in [5.74, 6) is -0.932. The summed E-state index contributed by atoms with van der Waals surface area (Å²) in [5.41, 5.74) is 6.54. The van der Waals surface area contributed by atoms with Gasteiger partial charge in [0.2, 0.25) is 0 Å². The summed E-state index contributed by atoms with van der Waals surface area (Å²) in [6, 6.07) is 15.0. The second-order valence-corrected chi connectivity index (χ2v) is 9.01. The third-order valence-electron chi connectivity index (χ3n) is 6.09. The number of fused-ring (bicyclic) bond motifs is 1. The van der Waals surface area contributed by atoms with Crippen LogP contribution in [0.3, 0.4) is 0 Å². The fourth-order valence-electron chi connectivity index (χ4n) is 4.19. The van der Waals surface area contributed by atoms with Gasteiger partial charge in [-0.1, -0.05) is 45.9 Å². The molecule has 0 saturated heterocycles. The molecule has 1 N–H and O–H groups in total. The molecule has 0 saturated carbocycles. The molecule has 1 aliphatic carbocycles. The first kappa shape index (κ1) is 20.2. The van der Waals surface area contributed by atoms with Crippen LogP contribution in [0, 0.1) is 0 Å². The van der Waals surface area contributed by atoms with Crippen LogP contribution in [0.25, 0.3) is 6.08 Å². The number of carboxylic acid groups (broad SMARTS) is 1. The smallest absolute Gasteiger partial charge is 0.328 e. The van der Waals surface area contributed by atoms with Crippen molar-refractivity contribution < 1.29 is 9.90 Å². The SMILES string of the molecule is CCN(c1ccc(/C=C/C(=O)O)cc1)c1ccc2c(c1)C(C)(C)CCC2(C)C. The second-order valence-electron chi connectivity index (χ2n) is 9.01. The summed E-state index contributed by atoms with van der Waals surface area (Å²) in [5, 5.41) is 8.79. The molecule has 0 aliphatic heterocycles. The maximum atomic E-state index is 10.7. The highest BCUT2D eigenvalue weighted by Crippen LogP contribution is 2.47. The van der Waals surface area contributed by atoms with Gasteiger partial charge < -0.3 is 10.0 Å². The molecule has 0 fully saturated rings. The lowest BCUT2D eigenvalue weighted by Crippen LogP contribution is -2.34. The number of rotatable bonds is 5. The number of hydrogen-bond donors (Lipinski definition) is 1. The van der Waals surface area contributed by atoms with E-state index in [1.165, 1.54) is 35.7 Å². The van der Waals surface area contributed by atoms with E-state index >= 15 is 0 Å². The average Bonchev–Trinajstić information content (AvgIpc) is 2.65. The molecule has 3 nitrogen and oxygen atoms in total. The third kappa shape index (κ3) is 3.99. The molecule has 148 valence electrons. The molecule has 0 spiro atoms. The number of anilines is 2. The van der Waals surface area contributed by atoms with Crippen LogP contribution in [-0.2, 0) is 15.6 Å². The van der Waals surface area contributed by atoms with Crippen LogP contribution in [0.15, 0.2) is 48.5 Å². The summed E-state index contributed by atoms with van der Waals surface area (Å²) >= 11 is 0. The van der Waals surface area contributed by atoms with Crippen LogP contribution < -0.4 is 4.90 Å². The lowest BCUT2D eigenvalue weighted by molar-refractivity contribution is -0.131. The van der Waals surface area contributed by atoms with Gasteiger partial charge in [0.15, 0.2) is 0 Å². The maximum absolute atomic E-state index is 10.7. The van der Waals surface area contributed by atoms with Crippen LogP contribution in [0.5, 0.6) is 0 Å². The number of hydrogen-bond acceptors (Lipinski definition) is 2. The van der Waals surface area contributed by atoms with E-state index in [9.17, 15) is 4.79 Å². The summed E-state index contributed by atoms with van der Waals surface area (Å²) in [7, 11) is 0. The van der Waals surface area contributed by atoms with Crippen molar-refractivity contribution in [1.82, 2.24) is 0 Å². The molecule has 2 aromatic carbocycles. The van der Waals surface area contributed by atoms with E-state index in [1.54, 1.807) is 6.08 Å². The maximum Gasteiger partial charge on any atom is 0.328 e. The summed E-state index contributed by atoms with van der Waals surface area (Å²) in [4.78, 5) is 13.0. The Morgan fingerprint density at radius 3 is 2.11 bits per heavy atom. The molecule has 0 bridgehead atoms. The molecule has 0 unspecified atom stereocenters. The van der Waals surface area contributed by atoms with E-state index in [-0.39, 0.29) is 10.8 Å². The first-order chi connectivity index (χ1) is 13.1. The average molecular weight is 378 g/mol. The lowest BCUT2D eigenvalue weighted by Gasteiger charge is -2.42. The third-order valence-corrected chi connectivity index (χ3v) is 6.09. The van der Waals surface area contributed by atoms with Gasteiger partial charge in [-0.05, 0) is 77.6 Å². The van der Waals surface area contributed by atoms with Gasteiger partial charge in [0.1, 0.15) is 0 Å². The Morgan fingerprint density at radius 1 is 0.964 bits per heavy atom. The zero-order valence-electron chi connectivity index (χ0n) is 17.6. The van der Waals surface area contributed by atoms with Gasteiger partial charge in [0.25, 0.3) is 0 Å². The molecular weight excluding hydrogens is 346 g/mol. The van der Waals surface area contributed by atoms with Crippen LogP contribution >= 0.6 is 0 Å². The molecule has 0 aromatic heterocycles. The standard InChI is InChI=1S/C25H31NO2/c1-6-26(19-10-7-18(8-11-19)9-14-23(27)28)20-12-13-21-22(17-20)25(4,5)16-15-24(21,2)3/h7-14,17H,6,15-16H2,1-5H3,(H,27,28)/b14-9+. The molecular formula is C25H31NO2. The number of nitrogens with zero attached hydrogens (tertiary/aromatic N) is 1. The van der Waals surface area contributed by atoms with Crippen molar-refractivity contribution in [3.8, 4) is 0 Å². The van der Waals surface area contributed by atoms with Crippen molar-refractivity contribution in [2.75, 3.05) is 11.4 Å². The number of carboxylic acids is 1. The van der Waals surface area contributed by atoms with Gasteiger partial charge in [-0.15, -0.1) is 0 Å². The highest BCUT2D eigenvalue weighted by Gasteiger charge is 2.37. The van der Waals surface area contributed by atoms with Gasteiger partial charge >= 0.3 is 5.97 Å². The van der Waals surface area contributed by atoms with Crippen LogP contribution in [-0.4, -0.2) is 17.6 Å². The van der Waals surface area contributed by atoms with E-state index < -0.39 is 5.97 Å². The number of aliphatic carboxylic acids is 1. The Bertz CT molecular complexity index is 891. The zero-order chi connectivity index (χ0) is 20.5. The van der Waals surface area contributed by atoms with Gasteiger partial charge in [-0.2, -0.15) is 0 Å². The summed E-state index contributed by atoms with van der Waals surface area (Å²) in [6.45, 7) is 12.4. The Kier molecular flexibility index (Phi) is 5.38. The van der Waals surface area contributed by atoms with Crippen LogP contribution in [0.2, 0.25) is 0 Å². The molecule has 3 heteroatoms. The predicted octanol–water partition coefficient (Wildman–Crippen LogP) is 6.29. The molecule has 0 atom stereocenters. The predicted molar refractivity (Wildman–Crippen MR) is 118 cm³/mol. The quantitative estimate of drug-likeness (QED) is 0.622. The van der Waals surface area contributed by atoms with Gasteiger partial charge in [-0.25, -0.2) is 4.79 Å².